The quantitative estimate of drug-likeness (QED) is 0.186. The summed E-state index contributed by atoms with van der Waals surface area (Å²) in [5.74, 6) is 1.85. The molecule has 0 saturated carbocycles. The average molecular weight is 652 g/mol. The minimum absolute atomic E-state index is 0.603. The highest BCUT2D eigenvalue weighted by Gasteiger charge is 2.20. The summed E-state index contributed by atoms with van der Waals surface area (Å²) >= 11 is 0. The van der Waals surface area contributed by atoms with Crippen LogP contribution < -0.4 is 0 Å². The fraction of sp³-hybridized carbons (Fsp3) is 0. The van der Waals surface area contributed by atoms with E-state index in [4.69, 9.17) is 19.4 Å². The Labute approximate surface area is 294 Å². The summed E-state index contributed by atoms with van der Waals surface area (Å²) < 4.78 is 6.63. The van der Waals surface area contributed by atoms with Crippen molar-refractivity contribution in [1.82, 2.24) is 15.0 Å². The van der Waals surface area contributed by atoms with Crippen LogP contribution in [-0.2, 0) is 0 Å². The number of nitrogens with zero attached hydrogens (tertiary/aromatic N) is 3. The van der Waals surface area contributed by atoms with Crippen molar-refractivity contribution in [3.8, 4) is 56.4 Å². The van der Waals surface area contributed by atoms with Gasteiger partial charge in [0.25, 0.3) is 0 Å². The fourth-order valence-corrected chi connectivity index (χ4v) is 7.13. The van der Waals surface area contributed by atoms with Crippen molar-refractivity contribution in [1.29, 1.82) is 0 Å². The van der Waals surface area contributed by atoms with E-state index in [1.54, 1.807) is 0 Å². The highest BCUT2D eigenvalue weighted by Crippen LogP contribution is 2.42. The fourth-order valence-electron chi connectivity index (χ4n) is 7.13. The summed E-state index contributed by atoms with van der Waals surface area (Å²) in [7, 11) is 0. The van der Waals surface area contributed by atoms with Crippen LogP contribution in [0.25, 0.3) is 99.9 Å². The maximum absolute atomic E-state index is 6.63. The molecule has 0 aliphatic rings. The maximum atomic E-state index is 6.63. The molecule has 0 bridgehead atoms. The van der Waals surface area contributed by atoms with Gasteiger partial charge in [-0.15, -0.1) is 0 Å². The van der Waals surface area contributed by atoms with Crippen molar-refractivity contribution in [3.63, 3.8) is 0 Å². The molecular weight excluding hydrogens is 623 g/mol. The lowest BCUT2D eigenvalue weighted by Gasteiger charge is -2.11. The van der Waals surface area contributed by atoms with E-state index in [1.165, 1.54) is 21.9 Å². The summed E-state index contributed by atoms with van der Waals surface area (Å²) in [5.41, 5.74) is 9.09. The Hall–Kier alpha value is -6.91. The van der Waals surface area contributed by atoms with Gasteiger partial charge in [-0.05, 0) is 68.7 Å². The van der Waals surface area contributed by atoms with E-state index in [0.29, 0.717) is 17.5 Å². The molecule has 0 unspecified atom stereocenters. The number of hydrogen-bond acceptors (Lipinski definition) is 4. The molecule has 0 fully saturated rings. The van der Waals surface area contributed by atoms with Gasteiger partial charge >= 0.3 is 0 Å². The van der Waals surface area contributed by atoms with E-state index in [0.717, 1.165) is 60.5 Å². The van der Waals surface area contributed by atoms with Crippen LogP contribution in [0, 0.1) is 0 Å². The molecule has 2 aromatic heterocycles. The molecule has 51 heavy (non-hydrogen) atoms. The van der Waals surface area contributed by atoms with E-state index in [1.807, 2.05) is 78.9 Å². The Balaban J connectivity index is 1.15. The van der Waals surface area contributed by atoms with Gasteiger partial charge in [-0.1, -0.05) is 146 Å². The number of hydrogen-bond donors (Lipinski definition) is 0. The van der Waals surface area contributed by atoms with Gasteiger partial charge in [-0.25, -0.2) is 15.0 Å². The van der Waals surface area contributed by atoms with Crippen LogP contribution in [0.1, 0.15) is 0 Å². The van der Waals surface area contributed by atoms with Gasteiger partial charge in [-0.3, -0.25) is 0 Å². The zero-order valence-electron chi connectivity index (χ0n) is 27.5. The first-order valence-corrected chi connectivity index (χ1v) is 17.1. The van der Waals surface area contributed by atoms with Gasteiger partial charge < -0.3 is 4.42 Å². The lowest BCUT2D eigenvalue weighted by atomic mass is 9.95. The van der Waals surface area contributed by atoms with E-state index >= 15 is 0 Å². The molecular formula is C47H29N3O. The molecule has 0 aliphatic carbocycles. The Morgan fingerprint density at radius 1 is 0.333 bits per heavy atom. The van der Waals surface area contributed by atoms with Crippen molar-refractivity contribution in [2.45, 2.75) is 0 Å². The largest absolute Gasteiger partial charge is 0.455 e. The molecule has 0 spiro atoms. The molecule has 8 aromatic carbocycles. The third-order valence-electron chi connectivity index (χ3n) is 9.70. The second-order valence-electron chi connectivity index (χ2n) is 12.8. The lowest BCUT2D eigenvalue weighted by molar-refractivity contribution is 0.672. The number of fused-ring (bicyclic) bond motifs is 6. The first-order chi connectivity index (χ1) is 25.2. The van der Waals surface area contributed by atoms with Crippen LogP contribution in [0.5, 0.6) is 0 Å². The molecule has 10 rings (SSSR count). The van der Waals surface area contributed by atoms with Crippen molar-refractivity contribution in [2.24, 2.45) is 0 Å². The first-order valence-electron chi connectivity index (χ1n) is 17.1. The highest BCUT2D eigenvalue weighted by atomic mass is 16.3. The zero-order valence-corrected chi connectivity index (χ0v) is 27.5. The van der Waals surface area contributed by atoms with Crippen LogP contribution in [0.4, 0.5) is 0 Å². The second kappa shape index (κ2) is 11.9. The third-order valence-corrected chi connectivity index (χ3v) is 9.70. The van der Waals surface area contributed by atoms with Gasteiger partial charge in [0.2, 0.25) is 0 Å². The Kier molecular flexibility index (Phi) is 6.78. The summed E-state index contributed by atoms with van der Waals surface area (Å²) in [6, 6.07) is 61.1. The van der Waals surface area contributed by atoms with Crippen molar-refractivity contribution < 1.29 is 4.42 Å². The maximum Gasteiger partial charge on any atom is 0.164 e. The molecule has 10 aromatic rings. The summed E-state index contributed by atoms with van der Waals surface area (Å²) in [4.78, 5) is 15.2. The minimum atomic E-state index is 0.603. The van der Waals surface area contributed by atoms with Crippen molar-refractivity contribution in [3.05, 3.63) is 176 Å². The number of para-hydroxylation sites is 1. The molecule has 4 nitrogen and oxygen atoms in total. The smallest absolute Gasteiger partial charge is 0.164 e. The monoisotopic (exact) mass is 651 g/mol. The number of rotatable bonds is 5. The molecule has 0 N–H and O–H groups in total. The standard InChI is InChI=1S/C47H29N3O/c1-3-12-33(13-4-1)45-48-46(34-14-5-2-6-15-34)50-47(49-45)41-29-38-28-37(25-26-39(38)44-43(41)40-17-9-10-18-42(40)51-44)32-21-19-31(20-22-32)36-24-23-30-11-7-8-16-35(30)27-36/h1-29H. The molecule has 0 radical (unpaired) electrons. The van der Waals surface area contributed by atoms with Gasteiger partial charge in [0.05, 0.1) is 0 Å². The average Bonchev–Trinajstić information content (AvgIpc) is 3.61. The van der Waals surface area contributed by atoms with E-state index in [9.17, 15) is 0 Å². The molecule has 2 heterocycles. The lowest BCUT2D eigenvalue weighted by Crippen LogP contribution is -2.00. The number of furan rings is 1. The Bertz CT molecular complexity index is 2840. The molecule has 238 valence electrons. The SMILES string of the molecule is c1ccc(-c2nc(-c3ccccc3)nc(-c3cc4cc(-c5ccc(-c6ccc7ccccc7c6)cc5)ccc4c4oc5ccccc5c34)n2)cc1. The molecule has 0 saturated heterocycles. The van der Waals surface area contributed by atoms with Crippen molar-refractivity contribution >= 4 is 43.5 Å². The summed E-state index contributed by atoms with van der Waals surface area (Å²) in [5, 5.41) is 6.61. The van der Waals surface area contributed by atoms with E-state index < -0.39 is 0 Å². The molecule has 0 amide bonds. The van der Waals surface area contributed by atoms with Gasteiger partial charge in [0, 0.05) is 32.8 Å². The van der Waals surface area contributed by atoms with Crippen LogP contribution in [0.2, 0.25) is 0 Å². The highest BCUT2D eigenvalue weighted by molar-refractivity contribution is 6.21. The summed E-state index contributed by atoms with van der Waals surface area (Å²) in [6.07, 6.45) is 0. The molecule has 0 atom stereocenters. The first kappa shape index (κ1) is 29.0. The van der Waals surface area contributed by atoms with Gasteiger partial charge in [-0.2, -0.15) is 0 Å². The predicted octanol–water partition coefficient (Wildman–Crippen LogP) is 12.4. The molecule has 0 aliphatic heterocycles. The van der Waals surface area contributed by atoms with Crippen LogP contribution in [0.15, 0.2) is 180 Å². The second-order valence-corrected chi connectivity index (χ2v) is 12.8. The topological polar surface area (TPSA) is 51.8 Å². The van der Waals surface area contributed by atoms with Gasteiger partial charge in [0.15, 0.2) is 17.5 Å². The van der Waals surface area contributed by atoms with Crippen molar-refractivity contribution in [2.75, 3.05) is 0 Å². The molecule has 4 heteroatoms. The van der Waals surface area contributed by atoms with Crippen LogP contribution in [0.3, 0.4) is 0 Å². The third kappa shape index (κ3) is 5.13. The van der Waals surface area contributed by atoms with E-state index in [-0.39, 0.29) is 0 Å². The number of aromatic nitrogens is 3. The van der Waals surface area contributed by atoms with Crippen LogP contribution >= 0.6 is 0 Å². The van der Waals surface area contributed by atoms with Gasteiger partial charge in [0.1, 0.15) is 11.2 Å². The Morgan fingerprint density at radius 2 is 0.863 bits per heavy atom. The zero-order chi connectivity index (χ0) is 33.7. The predicted molar refractivity (Wildman–Crippen MR) is 209 cm³/mol. The normalized spacial score (nSPS) is 11.5. The number of benzene rings is 8. The Morgan fingerprint density at radius 3 is 1.55 bits per heavy atom. The summed E-state index contributed by atoms with van der Waals surface area (Å²) in [6.45, 7) is 0. The van der Waals surface area contributed by atoms with E-state index in [2.05, 4.69) is 97.1 Å². The minimum Gasteiger partial charge on any atom is -0.455 e. The van der Waals surface area contributed by atoms with Crippen LogP contribution in [-0.4, -0.2) is 15.0 Å².